The summed E-state index contributed by atoms with van der Waals surface area (Å²) in [5.74, 6) is -0.0103. The zero-order chi connectivity index (χ0) is 13.8. The van der Waals surface area contributed by atoms with E-state index in [-0.39, 0.29) is 6.42 Å². The molecule has 1 aromatic heterocycles. The van der Waals surface area contributed by atoms with Gasteiger partial charge in [-0.3, -0.25) is 4.79 Å². The predicted molar refractivity (Wildman–Crippen MR) is 71.1 cm³/mol. The fraction of sp³-hybridized carbons (Fsp3) is 0.286. The molecule has 0 bridgehead atoms. The third-order valence-corrected chi connectivity index (χ3v) is 2.96. The highest BCUT2D eigenvalue weighted by atomic mass is 16.5. The standard InChI is InChI=1S/C14H16N2O3/c1-9-13(10(2)19-16-9)8-15-12-5-3-11(4-6-12)7-14(17)18/h3-6,15H,7-8H2,1-2H3,(H,17,18). The van der Waals surface area contributed by atoms with Crippen LogP contribution in [-0.2, 0) is 17.8 Å². The number of benzene rings is 1. The van der Waals surface area contributed by atoms with Gasteiger partial charge in [-0.25, -0.2) is 0 Å². The highest BCUT2D eigenvalue weighted by Crippen LogP contribution is 2.16. The van der Waals surface area contributed by atoms with Gasteiger partial charge in [0.2, 0.25) is 0 Å². The van der Waals surface area contributed by atoms with E-state index in [4.69, 9.17) is 9.63 Å². The molecule has 0 aliphatic rings. The maximum absolute atomic E-state index is 10.6. The number of rotatable bonds is 5. The molecular formula is C14H16N2O3. The Balaban J connectivity index is 1.98. The van der Waals surface area contributed by atoms with Gasteiger partial charge in [-0.15, -0.1) is 0 Å². The van der Waals surface area contributed by atoms with Crippen LogP contribution in [0.15, 0.2) is 28.8 Å². The predicted octanol–water partition coefficient (Wildman–Crippen LogP) is 2.53. The van der Waals surface area contributed by atoms with Crippen molar-refractivity contribution in [1.82, 2.24) is 5.16 Å². The lowest BCUT2D eigenvalue weighted by molar-refractivity contribution is -0.136. The minimum atomic E-state index is -0.823. The first-order valence-corrected chi connectivity index (χ1v) is 6.02. The van der Waals surface area contributed by atoms with Gasteiger partial charge in [0.25, 0.3) is 0 Å². The van der Waals surface area contributed by atoms with Crippen LogP contribution in [0.1, 0.15) is 22.6 Å². The third kappa shape index (κ3) is 3.34. The number of carboxylic acids is 1. The molecule has 0 unspecified atom stereocenters. The molecule has 5 heteroatoms. The Labute approximate surface area is 111 Å². The summed E-state index contributed by atoms with van der Waals surface area (Å²) < 4.78 is 5.09. The molecule has 0 radical (unpaired) electrons. The summed E-state index contributed by atoms with van der Waals surface area (Å²) in [4.78, 5) is 10.6. The van der Waals surface area contributed by atoms with Crippen LogP contribution >= 0.6 is 0 Å². The molecule has 0 saturated carbocycles. The lowest BCUT2D eigenvalue weighted by Crippen LogP contribution is -2.02. The van der Waals surface area contributed by atoms with Gasteiger partial charge >= 0.3 is 5.97 Å². The zero-order valence-corrected chi connectivity index (χ0v) is 10.9. The van der Waals surface area contributed by atoms with E-state index in [9.17, 15) is 4.79 Å². The van der Waals surface area contributed by atoms with Crippen molar-refractivity contribution >= 4 is 11.7 Å². The Morgan fingerprint density at radius 1 is 1.32 bits per heavy atom. The van der Waals surface area contributed by atoms with Crippen molar-refractivity contribution in [2.45, 2.75) is 26.8 Å². The Hall–Kier alpha value is -2.30. The molecular weight excluding hydrogens is 244 g/mol. The van der Waals surface area contributed by atoms with Crippen molar-refractivity contribution in [1.29, 1.82) is 0 Å². The van der Waals surface area contributed by atoms with Gasteiger partial charge in [-0.1, -0.05) is 17.3 Å². The molecule has 0 aliphatic carbocycles. The minimum absolute atomic E-state index is 0.0458. The molecule has 0 saturated heterocycles. The maximum atomic E-state index is 10.6. The van der Waals surface area contributed by atoms with Gasteiger partial charge in [-0.2, -0.15) is 0 Å². The Morgan fingerprint density at radius 2 is 2.00 bits per heavy atom. The van der Waals surface area contributed by atoms with Crippen molar-refractivity contribution in [3.63, 3.8) is 0 Å². The summed E-state index contributed by atoms with van der Waals surface area (Å²) in [7, 11) is 0. The quantitative estimate of drug-likeness (QED) is 0.864. The van der Waals surface area contributed by atoms with Gasteiger partial charge in [-0.05, 0) is 31.5 Å². The number of nitrogens with one attached hydrogen (secondary N) is 1. The first-order chi connectivity index (χ1) is 9.06. The summed E-state index contributed by atoms with van der Waals surface area (Å²) >= 11 is 0. The lowest BCUT2D eigenvalue weighted by Gasteiger charge is -2.06. The second-order valence-electron chi connectivity index (χ2n) is 4.42. The Bertz CT molecular complexity index is 553. The summed E-state index contributed by atoms with van der Waals surface area (Å²) in [6, 6.07) is 7.36. The number of aryl methyl sites for hydroxylation is 2. The van der Waals surface area contributed by atoms with Crippen LogP contribution < -0.4 is 5.32 Å². The van der Waals surface area contributed by atoms with Crippen LogP contribution in [0.3, 0.4) is 0 Å². The largest absolute Gasteiger partial charge is 0.481 e. The van der Waals surface area contributed by atoms with E-state index in [0.717, 1.165) is 28.3 Å². The molecule has 2 N–H and O–H groups in total. The Morgan fingerprint density at radius 3 is 2.53 bits per heavy atom. The maximum Gasteiger partial charge on any atom is 0.307 e. The monoisotopic (exact) mass is 260 g/mol. The minimum Gasteiger partial charge on any atom is -0.481 e. The van der Waals surface area contributed by atoms with E-state index in [2.05, 4.69) is 10.5 Å². The van der Waals surface area contributed by atoms with Gasteiger partial charge in [0.05, 0.1) is 12.1 Å². The summed E-state index contributed by atoms with van der Waals surface area (Å²) in [5.41, 5.74) is 3.66. The van der Waals surface area contributed by atoms with Crippen LogP contribution in [0.2, 0.25) is 0 Å². The van der Waals surface area contributed by atoms with Crippen LogP contribution in [-0.4, -0.2) is 16.2 Å². The SMILES string of the molecule is Cc1noc(C)c1CNc1ccc(CC(=O)O)cc1. The van der Waals surface area contributed by atoms with Crippen LogP contribution in [0.25, 0.3) is 0 Å². The van der Waals surface area contributed by atoms with E-state index in [0.29, 0.717) is 6.54 Å². The van der Waals surface area contributed by atoms with Crippen molar-refractivity contribution in [3.8, 4) is 0 Å². The summed E-state index contributed by atoms with van der Waals surface area (Å²) in [6.45, 7) is 4.43. The second kappa shape index (κ2) is 5.56. The van der Waals surface area contributed by atoms with E-state index in [1.54, 1.807) is 0 Å². The molecule has 0 amide bonds. The molecule has 1 aromatic carbocycles. The number of aromatic nitrogens is 1. The van der Waals surface area contributed by atoms with Crippen LogP contribution in [0.4, 0.5) is 5.69 Å². The molecule has 5 nitrogen and oxygen atoms in total. The number of aliphatic carboxylic acids is 1. The molecule has 1 heterocycles. The highest BCUT2D eigenvalue weighted by molar-refractivity contribution is 5.70. The van der Waals surface area contributed by atoms with Gasteiger partial charge < -0.3 is 14.9 Å². The number of anilines is 1. The first kappa shape index (κ1) is 13.1. The number of nitrogens with zero attached hydrogens (tertiary/aromatic N) is 1. The molecule has 0 atom stereocenters. The normalized spacial score (nSPS) is 10.4. The smallest absolute Gasteiger partial charge is 0.307 e. The van der Waals surface area contributed by atoms with Crippen molar-refractivity contribution in [2.24, 2.45) is 0 Å². The fourth-order valence-electron chi connectivity index (χ4n) is 1.86. The van der Waals surface area contributed by atoms with E-state index in [1.807, 2.05) is 38.1 Å². The zero-order valence-electron chi connectivity index (χ0n) is 10.9. The number of hydrogen-bond donors (Lipinski definition) is 2. The molecule has 0 aliphatic heterocycles. The van der Waals surface area contributed by atoms with Crippen molar-refractivity contribution < 1.29 is 14.4 Å². The molecule has 2 aromatic rings. The number of carbonyl (C=O) groups is 1. The summed E-state index contributed by atoms with van der Waals surface area (Å²) in [6.07, 6.45) is 0.0458. The van der Waals surface area contributed by atoms with E-state index >= 15 is 0 Å². The van der Waals surface area contributed by atoms with E-state index in [1.165, 1.54) is 0 Å². The van der Waals surface area contributed by atoms with Gasteiger partial charge in [0.1, 0.15) is 5.76 Å². The average molecular weight is 260 g/mol. The van der Waals surface area contributed by atoms with Crippen molar-refractivity contribution in [2.75, 3.05) is 5.32 Å². The molecule has 0 fully saturated rings. The average Bonchev–Trinajstić information content (AvgIpc) is 2.68. The fourth-order valence-corrected chi connectivity index (χ4v) is 1.86. The first-order valence-electron chi connectivity index (χ1n) is 6.02. The lowest BCUT2D eigenvalue weighted by atomic mass is 10.1. The summed E-state index contributed by atoms with van der Waals surface area (Å²) in [5, 5.41) is 15.8. The number of carboxylic acid groups (broad SMARTS) is 1. The second-order valence-corrected chi connectivity index (χ2v) is 4.42. The molecule has 2 rings (SSSR count). The van der Waals surface area contributed by atoms with Gasteiger partial charge in [0.15, 0.2) is 0 Å². The van der Waals surface area contributed by atoms with Crippen molar-refractivity contribution in [3.05, 3.63) is 46.8 Å². The number of hydrogen-bond acceptors (Lipinski definition) is 4. The molecule has 100 valence electrons. The topological polar surface area (TPSA) is 75.4 Å². The third-order valence-electron chi connectivity index (χ3n) is 2.96. The van der Waals surface area contributed by atoms with Crippen LogP contribution in [0.5, 0.6) is 0 Å². The molecule has 19 heavy (non-hydrogen) atoms. The molecule has 0 spiro atoms. The van der Waals surface area contributed by atoms with Gasteiger partial charge in [0, 0.05) is 17.8 Å². The van der Waals surface area contributed by atoms with Crippen LogP contribution in [0, 0.1) is 13.8 Å². The van der Waals surface area contributed by atoms with E-state index < -0.39 is 5.97 Å². The highest BCUT2D eigenvalue weighted by Gasteiger charge is 2.08. The Kier molecular flexibility index (Phi) is 3.85.